The van der Waals surface area contributed by atoms with Gasteiger partial charge in [0.1, 0.15) is 5.01 Å². The van der Waals surface area contributed by atoms with Crippen LogP contribution in [0.3, 0.4) is 0 Å². The van der Waals surface area contributed by atoms with E-state index in [0.29, 0.717) is 6.42 Å². The molecule has 2 N–H and O–H groups in total. The average molecular weight is 255 g/mol. The Morgan fingerprint density at radius 2 is 2.24 bits per heavy atom. The zero-order chi connectivity index (χ0) is 12.8. The second-order valence-electron chi connectivity index (χ2n) is 4.28. The minimum atomic E-state index is -0.00461. The van der Waals surface area contributed by atoms with E-state index in [1.807, 2.05) is 33.1 Å². The van der Waals surface area contributed by atoms with Crippen molar-refractivity contribution in [2.75, 3.05) is 6.54 Å². The summed E-state index contributed by atoms with van der Waals surface area (Å²) in [6.07, 6.45) is 0.503. The monoisotopic (exact) mass is 255 g/mol. The third-order valence-electron chi connectivity index (χ3n) is 2.43. The normalized spacial score (nSPS) is 14.4. The van der Waals surface area contributed by atoms with Gasteiger partial charge in [0.05, 0.1) is 6.04 Å². The average Bonchev–Trinajstić information content (AvgIpc) is 2.64. The molecule has 4 nitrogen and oxygen atoms in total. The van der Waals surface area contributed by atoms with Crippen LogP contribution in [0.15, 0.2) is 5.38 Å². The van der Waals surface area contributed by atoms with E-state index in [1.54, 1.807) is 11.3 Å². The molecule has 0 aromatic carbocycles. The SMILES string of the molecule is CCNC(C)CC(=O)NC(C)c1nc(C)cs1. The Hall–Kier alpha value is -0.940. The number of hydrogen-bond donors (Lipinski definition) is 2. The van der Waals surface area contributed by atoms with E-state index in [-0.39, 0.29) is 18.0 Å². The van der Waals surface area contributed by atoms with Crippen molar-refractivity contribution in [1.29, 1.82) is 0 Å². The van der Waals surface area contributed by atoms with Crippen LogP contribution in [0.25, 0.3) is 0 Å². The van der Waals surface area contributed by atoms with Crippen LogP contribution in [0.4, 0.5) is 0 Å². The Labute approximate surface area is 107 Å². The number of carbonyl (C=O) groups is 1. The molecule has 1 aromatic heterocycles. The lowest BCUT2D eigenvalue weighted by atomic mass is 10.2. The van der Waals surface area contributed by atoms with Gasteiger partial charge in [0.15, 0.2) is 0 Å². The van der Waals surface area contributed by atoms with Gasteiger partial charge in [0, 0.05) is 23.5 Å². The highest BCUT2D eigenvalue weighted by Crippen LogP contribution is 2.17. The van der Waals surface area contributed by atoms with Gasteiger partial charge in [0.25, 0.3) is 0 Å². The highest BCUT2D eigenvalue weighted by atomic mass is 32.1. The summed E-state index contributed by atoms with van der Waals surface area (Å²) < 4.78 is 0. The molecule has 0 aliphatic carbocycles. The smallest absolute Gasteiger partial charge is 0.222 e. The van der Waals surface area contributed by atoms with Gasteiger partial charge >= 0.3 is 0 Å². The third-order valence-corrected chi connectivity index (χ3v) is 3.57. The molecule has 1 aromatic rings. The van der Waals surface area contributed by atoms with Crippen molar-refractivity contribution in [3.05, 3.63) is 16.1 Å². The number of amides is 1. The molecule has 96 valence electrons. The number of nitrogens with one attached hydrogen (secondary N) is 2. The molecule has 0 aliphatic rings. The quantitative estimate of drug-likeness (QED) is 0.817. The van der Waals surface area contributed by atoms with E-state index >= 15 is 0 Å². The predicted molar refractivity (Wildman–Crippen MR) is 71.2 cm³/mol. The molecule has 1 amide bonds. The van der Waals surface area contributed by atoms with E-state index in [9.17, 15) is 4.79 Å². The molecule has 0 aliphatic heterocycles. The van der Waals surface area contributed by atoms with E-state index in [2.05, 4.69) is 15.6 Å². The van der Waals surface area contributed by atoms with Gasteiger partial charge in [-0.1, -0.05) is 6.92 Å². The van der Waals surface area contributed by atoms with E-state index in [4.69, 9.17) is 0 Å². The molecule has 0 bridgehead atoms. The molecule has 0 radical (unpaired) electrons. The Kier molecular flexibility index (Phi) is 5.58. The molecule has 0 saturated carbocycles. The number of rotatable bonds is 6. The standard InChI is InChI=1S/C12H21N3OS/c1-5-13-8(2)6-11(16)15-10(4)12-14-9(3)7-17-12/h7-8,10,13H,5-6H2,1-4H3,(H,15,16). The van der Waals surface area contributed by atoms with Gasteiger partial charge in [0.2, 0.25) is 5.91 Å². The summed E-state index contributed by atoms with van der Waals surface area (Å²) in [6.45, 7) is 8.86. The Balaban J connectivity index is 2.40. The number of carbonyl (C=O) groups excluding carboxylic acids is 1. The van der Waals surface area contributed by atoms with Crippen LogP contribution in [-0.2, 0) is 4.79 Å². The first-order valence-electron chi connectivity index (χ1n) is 5.97. The summed E-state index contributed by atoms with van der Waals surface area (Å²) in [5.74, 6) is 0.0683. The van der Waals surface area contributed by atoms with Gasteiger partial charge in [-0.2, -0.15) is 0 Å². The van der Waals surface area contributed by atoms with Gasteiger partial charge < -0.3 is 10.6 Å². The Morgan fingerprint density at radius 1 is 1.53 bits per heavy atom. The zero-order valence-corrected chi connectivity index (χ0v) is 11.7. The maximum atomic E-state index is 11.7. The predicted octanol–water partition coefficient (Wildman–Crippen LogP) is 2.02. The molecule has 0 fully saturated rings. The van der Waals surface area contributed by atoms with E-state index < -0.39 is 0 Å². The number of aromatic nitrogens is 1. The largest absolute Gasteiger partial charge is 0.347 e. The summed E-state index contributed by atoms with van der Waals surface area (Å²) in [7, 11) is 0. The summed E-state index contributed by atoms with van der Waals surface area (Å²) in [6, 6.07) is 0.209. The summed E-state index contributed by atoms with van der Waals surface area (Å²) in [5.41, 5.74) is 1.01. The van der Waals surface area contributed by atoms with Crippen LogP contribution in [0.5, 0.6) is 0 Å². The molecule has 1 heterocycles. The van der Waals surface area contributed by atoms with E-state index in [1.165, 1.54) is 0 Å². The fraction of sp³-hybridized carbons (Fsp3) is 0.667. The number of hydrogen-bond acceptors (Lipinski definition) is 4. The highest BCUT2D eigenvalue weighted by Gasteiger charge is 2.14. The summed E-state index contributed by atoms with van der Waals surface area (Å²) in [5, 5.41) is 9.15. The maximum Gasteiger partial charge on any atom is 0.222 e. The molecule has 2 unspecified atom stereocenters. The number of nitrogens with zero attached hydrogens (tertiary/aromatic N) is 1. The molecule has 2 atom stereocenters. The molecule has 1 rings (SSSR count). The van der Waals surface area contributed by atoms with Crippen LogP contribution >= 0.6 is 11.3 Å². The molecule has 0 spiro atoms. The molecule has 5 heteroatoms. The minimum absolute atomic E-state index is 0.00461. The fourth-order valence-corrected chi connectivity index (χ4v) is 2.44. The van der Waals surface area contributed by atoms with Crippen LogP contribution in [0.1, 0.15) is 43.9 Å². The fourth-order valence-electron chi connectivity index (χ4n) is 1.63. The van der Waals surface area contributed by atoms with Crippen molar-refractivity contribution in [2.45, 2.75) is 46.2 Å². The highest BCUT2D eigenvalue weighted by molar-refractivity contribution is 7.09. The first kappa shape index (κ1) is 14.1. The second kappa shape index (κ2) is 6.71. The number of aryl methyl sites for hydroxylation is 1. The van der Waals surface area contributed by atoms with Gasteiger partial charge in [-0.05, 0) is 27.3 Å². The minimum Gasteiger partial charge on any atom is -0.347 e. The lowest BCUT2D eigenvalue weighted by molar-refractivity contribution is -0.122. The molecule has 17 heavy (non-hydrogen) atoms. The lowest BCUT2D eigenvalue weighted by Crippen LogP contribution is -2.34. The maximum absolute atomic E-state index is 11.7. The Morgan fingerprint density at radius 3 is 2.76 bits per heavy atom. The van der Waals surface area contributed by atoms with Crippen molar-refractivity contribution in [2.24, 2.45) is 0 Å². The van der Waals surface area contributed by atoms with Crippen LogP contribution < -0.4 is 10.6 Å². The molecular formula is C12H21N3OS. The molecule has 0 saturated heterocycles. The lowest BCUT2D eigenvalue weighted by Gasteiger charge is -2.15. The first-order chi connectivity index (χ1) is 8.02. The summed E-state index contributed by atoms with van der Waals surface area (Å²) in [4.78, 5) is 16.1. The van der Waals surface area contributed by atoms with Gasteiger partial charge in [-0.25, -0.2) is 4.98 Å². The topological polar surface area (TPSA) is 54.0 Å². The van der Waals surface area contributed by atoms with Crippen molar-refractivity contribution >= 4 is 17.2 Å². The van der Waals surface area contributed by atoms with E-state index in [0.717, 1.165) is 17.2 Å². The molecular weight excluding hydrogens is 234 g/mol. The second-order valence-corrected chi connectivity index (χ2v) is 5.17. The van der Waals surface area contributed by atoms with Gasteiger partial charge in [-0.3, -0.25) is 4.79 Å². The van der Waals surface area contributed by atoms with Crippen LogP contribution in [0, 0.1) is 6.92 Å². The van der Waals surface area contributed by atoms with Crippen LogP contribution in [-0.4, -0.2) is 23.5 Å². The van der Waals surface area contributed by atoms with Crippen molar-refractivity contribution in [3.63, 3.8) is 0 Å². The third kappa shape index (κ3) is 4.83. The van der Waals surface area contributed by atoms with Crippen molar-refractivity contribution in [3.8, 4) is 0 Å². The first-order valence-corrected chi connectivity index (χ1v) is 6.85. The van der Waals surface area contributed by atoms with Crippen molar-refractivity contribution in [1.82, 2.24) is 15.6 Å². The number of thiazole rings is 1. The zero-order valence-electron chi connectivity index (χ0n) is 10.9. The van der Waals surface area contributed by atoms with Crippen LogP contribution in [0.2, 0.25) is 0 Å². The van der Waals surface area contributed by atoms with Crippen molar-refractivity contribution < 1.29 is 4.79 Å². The summed E-state index contributed by atoms with van der Waals surface area (Å²) >= 11 is 1.59. The Bertz CT molecular complexity index is 364. The van der Waals surface area contributed by atoms with Gasteiger partial charge in [-0.15, -0.1) is 11.3 Å².